The smallest absolute Gasteiger partial charge is 0.291 e. The molecule has 0 aliphatic heterocycles. The maximum Gasteiger partial charge on any atom is 0.291 e. The van der Waals surface area contributed by atoms with Crippen LogP contribution in [0.4, 0.5) is 11.4 Å². The van der Waals surface area contributed by atoms with Crippen molar-refractivity contribution < 1.29 is 18.7 Å². The number of amides is 2. The lowest BCUT2D eigenvalue weighted by atomic mass is 10.1. The fraction of sp³-hybridized carbons (Fsp3) is 0.0526. The second-order valence-corrected chi connectivity index (χ2v) is 5.74. The molecule has 0 unspecified atom stereocenters. The molecule has 2 N–H and O–H groups in total. The van der Waals surface area contributed by atoms with E-state index in [0.717, 1.165) is 0 Å². The van der Waals surface area contributed by atoms with Crippen LogP contribution in [-0.4, -0.2) is 18.9 Å². The lowest BCUT2D eigenvalue weighted by Crippen LogP contribution is -2.18. The van der Waals surface area contributed by atoms with Crippen LogP contribution >= 0.6 is 11.6 Å². The van der Waals surface area contributed by atoms with Gasteiger partial charge in [0.05, 0.1) is 24.6 Å². The molecule has 0 radical (unpaired) electrons. The van der Waals surface area contributed by atoms with Gasteiger partial charge in [-0.15, -0.1) is 0 Å². The number of anilines is 2. The molecule has 132 valence electrons. The molecule has 0 atom stereocenters. The van der Waals surface area contributed by atoms with Gasteiger partial charge in [-0.25, -0.2) is 0 Å². The van der Waals surface area contributed by atoms with E-state index < -0.39 is 11.8 Å². The molecule has 1 heterocycles. The minimum absolute atomic E-state index is 0.138. The summed E-state index contributed by atoms with van der Waals surface area (Å²) in [5, 5.41) is 5.78. The Bertz CT molecular complexity index is 938. The summed E-state index contributed by atoms with van der Waals surface area (Å²) in [6, 6.07) is 14.7. The third-order valence-corrected chi connectivity index (χ3v) is 3.78. The van der Waals surface area contributed by atoms with Crippen molar-refractivity contribution in [2.75, 3.05) is 17.7 Å². The van der Waals surface area contributed by atoms with Gasteiger partial charge in [0.2, 0.25) is 0 Å². The van der Waals surface area contributed by atoms with E-state index in [-0.39, 0.29) is 11.3 Å². The maximum absolute atomic E-state index is 12.7. The molecule has 3 aromatic rings. The van der Waals surface area contributed by atoms with Crippen LogP contribution in [0.2, 0.25) is 5.02 Å². The summed E-state index contributed by atoms with van der Waals surface area (Å²) < 4.78 is 10.2. The van der Waals surface area contributed by atoms with E-state index in [4.69, 9.17) is 20.8 Å². The van der Waals surface area contributed by atoms with E-state index in [1.165, 1.54) is 18.4 Å². The molecule has 0 fully saturated rings. The van der Waals surface area contributed by atoms with Crippen molar-refractivity contribution in [2.45, 2.75) is 0 Å². The van der Waals surface area contributed by atoms with Crippen LogP contribution in [0.1, 0.15) is 20.9 Å². The van der Waals surface area contributed by atoms with Crippen LogP contribution in [0.3, 0.4) is 0 Å². The van der Waals surface area contributed by atoms with E-state index in [1.54, 1.807) is 49.6 Å². The number of halogens is 1. The minimum atomic E-state index is -0.465. The molecule has 7 heteroatoms. The van der Waals surface area contributed by atoms with E-state index in [1.807, 2.05) is 0 Å². The van der Waals surface area contributed by atoms with E-state index in [9.17, 15) is 9.59 Å². The molecule has 0 spiro atoms. The molecule has 26 heavy (non-hydrogen) atoms. The Kier molecular flexibility index (Phi) is 5.24. The second kappa shape index (κ2) is 7.76. The van der Waals surface area contributed by atoms with Crippen molar-refractivity contribution in [3.63, 3.8) is 0 Å². The van der Waals surface area contributed by atoms with Gasteiger partial charge in [0.15, 0.2) is 5.76 Å². The zero-order valence-electron chi connectivity index (χ0n) is 13.8. The van der Waals surface area contributed by atoms with Crippen molar-refractivity contribution in [3.05, 3.63) is 77.2 Å². The standard InChI is InChI=1S/C19H15ClN2O4/c1-25-14-5-2-4-13(11-14)21-18(23)15-10-12(20)7-8-16(15)22-19(24)17-6-3-9-26-17/h2-11H,1H3,(H,21,23)(H,22,24). The monoisotopic (exact) mass is 370 g/mol. The normalized spacial score (nSPS) is 10.2. The molecular weight excluding hydrogens is 356 g/mol. The number of carbonyl (C=O) groups is 2. The van der Waals surface area contributed by atoms with Crippen molar-refractivity contribution in [3.8, 4) is 5.75 Å². The molecule has 0 bridgehead atoms. The van der Waals surface area contributed by atoms with Crippen LogP contribution in [0.25, 0.3) is 0 Å². The van der Waals surface area contributed by atoms with Crippen molar-refractivity contribution in [1.82, 2.24) is 0 Å². The number of hydrogen-bond donors (Lipinski definition) is 2. The Morgan fingerprint density at radius 1 is 1.00 bits per heavy atom. The van der Waals surface area contributed by atoms with E-state index >= 15 is 0 Å². The Morgan fingerprint density at radius 2 is 1.85 bits per heavy atom. The van der Waals surface area contributed by atoms with Gasteiger partial charge in [-0.3, -0.25) is 9.59 Å². The first kappa shape index (κ1) is 17.6. The fourth-order valence-electron chi connectivity index (χ4n) is 2.30. The molecule has 0 aliphatic rings. The second-order valence-electron chi connectivity index (χ2n) is 5.31. The molecule has 2 aromatic carbocycles. The van der Waals surface area contributed by atoms with Crippen molar-refractivity contribution >= 4 is 34.8 Å². The number of hydrogen-bond acceptors (Lipinski definition) is 4. The molecule has 0 saturated heterocycles. The topological polar surface area (TPSA) is 80.6 Å². The van der Waals surface area contributed by atoms with Gasteiger partial charge < -0.3 is 19.8 Å². The van der Waals surface area contributed by atoms with Crippen LogP contribution in [0, 0.1) is 0 Å². The fourth-order valence-corrected chi connectivity index (χ4v) is 2.48. The summed E-state index contributed by atoms with van der Waals surface area (Å²) >= 11 is 6.02. The van der Waals surface area contributed by atoms with Crippen LogP contribution < -0.4 is 15.4 Å². The largest absolute Gasteiger partial charge is 0.497 e. The lowest BCUT2D eigenvalue weighted by molar-refractivity contribution is 0.0996. The number of ether oxygens (including phenoxy) is 1. The van der Waals surface area contributed by atoms with Crippen molar-refractivity contribution in [1.29, 1.82) is 0 Å². The highest BCUT2D eigenvalue weighted by atomic mass is 35.5. The van der Waals surface area contributed by atoms with Crippen LogP contribution in [-0.2, 0) is 0 Å². The Balaban J connectivity index is 1.84. The lowest BCUT2D eigenvalue weighted by Gasteiger charge is -2.12. The van der Waals surface area contributed by atoms with Gasteiger partial charge in [0, 0.05) is 16.8 Å². The summed E-state index contributed by atoms with van der Waals surface area (Å²) in [7, 11) is 1.54. The first-order chi connectivity index (χ1) is 12.6. The Morgan fingerprint density at radius 3 is 2.58 bits per heavy atom. The molecule has 2 amide bonds. The van der Waals surface area contributed by atoms with Gasteiger partial charge in [0.1, 0.15) is 5.75 Å². The summed E-state index contributed by atoms with van der Waals surface area (Å²) in [4.78, 5) is 24.9. The highest BCUT2D eigenvalue weighted by Gasteiger charge is 2.17. The third kappa shape index (κ3) is 4.04. The van der Waals surface area contributed by atoms with Gasteiger partial charge in [0.25, 0.3) is 11.8 Å². The predicted octanol–water partition coefficient (Wildman–Crippen LogP) is 4.45. The Hall–Kier alpha value is -3.25. The predicted molar refractivity (Wildman–Crippen MR) is 99.1 cm³/mol. The molecule has 1 aromatic heterocycles. The molecule has 0 saturated carbocycles. The molecule has 0 aliphatic carbocycles. The van der Waals surface area contributed by atoms with Gasteiger partial charge >= 0.3 is 0 Å². The van der Waals surface area contributed by atoms with E-state index in [2.05, 4.69) is 10.6 Å². The number of benzene rings is 2. The zero-order valence-corrected chi connectivity index (χ0v) is 14.5. The quantitative estimate of drug-likeness (QED) is 0.695. The maximum atomic E-state index is 12.7. The van der Waals surface area contributed by atoms with Gasteiger partial charge in [-0.2, -0.15) is 0 Å². The number of nitrogens with one attached hydrogen (secondary N) is 2. The first-order valence-corrected chi connectivity index (χ1v) is 8.04. The Labute approximate surface area is 154 Å². The zero-order chi connectivity index (χ0) is 18.5. The number of carbonyl (C=O) groups excluding carboxylic acids is 2. The number of furan rings is 1. The first-order valence-electron chi connectivity index (χ1n) is 7.66. The van der Waals surface area contributed by atoms with Gasteiger partial charge in [-0.1, -0.05) is 17.7 Å². The highest BCUT2D eigenvalue weighted by molar-refractivity contribution is 6.31. The average molecular weight is 371 g/mol. The summed E-state index contributed by atoms with van der Waals surface area (Å²) in [5.41, 5.74) is 1.09. The van der Waals surface area contributed by atoms with Gasteiger partial charge in [-0.05, 0) is 42.5 Å². The minimum Gasteiger partial charge on any atom is -0.497 e. The summed E-state index contributed by atoms with van der Waals surface area (Å²) in [5.74, 6) is -0.136. The number of rotatable bonds is 5. The highest BCUT2D eigenvalue weighted by Crippen LogP contribution is 2.24. The van der Waals surface area contributed by atoms with Crippen LogP contribution in [0.5, 0.6) is 5.75 Å². The molecular formula is C19H15ClN2O4. The number of methoxy groups -OCH3 is 1. The van der Waals surface area contributed by atoms with Crippen molar-refractivity contribution in [2.24, 2.45) is 0 Å². The summed E-state index contributed by atoms with van der Waals surface area (Å²) in [6.07, 6.45) is 1.40. The SMILES string of the molecule is COc1cccc(NC(=O)c2cc(Cl)ccc2NC(=O)c2ccco2)c1. The molecule has 3 rings (SSSR count). The average Bonchev–Trinajstić information content (AvgIpc) is 3.18. The molecule has 6 nitrogen and oxygen atoms in total. The van der Waals surface area contributed by atoms with E-state index in [0.29, 0.717) is 22.1 Å². The summed E-state index contributed by atoms with van der Waals surface area (Å²) in [6.45, 7) is 0. The van der Waals surface area contributed by atoms with Crippen LogP contribution in [0.15, 0.2) is 65.3 Å². The third-order valence-electron chi connectivity index (χ3n) is 3.55.